The van der Waals surface area contributed by atoms with Crippen LogP contribution < -0.4 is 14.8 Å². The van der Waals surface area contributed by atoms with Crippen LogP contribution in [0.5, 0.6) is 11.5 Å². The number of amides is 1. The molecule has 1 amide bonds. The summed E-state index contributed by atoms with van der Waals surface area (Å²) in [5, 5.41) is 2.62. The Morgan fingerprint density at radius 1 is 1.19 bits per heavy atom. The Kier molecular flexibility index (Phi) is 5.58. The number of rotatable bonds is 5. The normalized spacial score (nSPS) is 10.7. The maximum Gasteiger partial charge on any atom is 0.412 e. The Morgan fingerprint density at radius 2 is 1.76 bits per heavy atom. The third kappa shape index (κ3) is 4.98. The summed E-state index contributed by atoms with van der Waals surface area (Å²) in [6.45, 7) is 5.31. The molecule has 0 aliphatic heterocycles. The highest BCUT2D eigenvalue weighted by atomic mass is 16.6. The van der Waals surface area contributed by atoms with Crippen LogP contribution in [-0.2, 0) is 16.0 Å². The van der Waals surface area contributed by atoms with Crippen molar-refractivity contribution in [2.45, 2.75) is 32.8 Å². The van der Waals surface area contributed by atoms with E-state index in [1.54, 1.807) is 32.9 Å². The van der Waals surface area contributed by atoms with Crippen molar-refractivity contribution >= 4 is 18.1 Å². The lowest BCUT2D eigenvalue weighted by Gasteiger charge is -2.21. The molecular weight excluding hydrogens is 274 g/mol. The first-order chi connectivity index (χ1) is 9.80. The Hall–Kier alpha value is -2.24. The molecule has 1 N–H and O–H groups in total. The van der Waals surface area contributed by atoms with Crippen molar-refractivity contribution in [3.63, 3.8) is 0 Å². The zero-order chi connectivity index (χ0) is 16.0. The first-order valence-electron chi connectivity index (χ1n) is 6.49. The Balaban J connectivity index is 3.08. The maximum absolute atomic E-state index is 11.8. The summed E-state index contributed by atoms with van der Waals surface area (Å²) in [5.41, 5.74) is 0.466. The van der Waals surface area contributed by atoms with Crippen LogP contribution in [0, 0.1) is 0 Å². The molecule has 0 atom stereocenters. The number of carbonyl (C=O) groups is 2. The van der Waals surface area contributed by atoms with Crippen LogP contribution in [0.1, 0.15) is 26.3 Å². The molecule has 0 fully saturated rings. The van der Waals surface area contributed by atoms with Gasteiger partial charge in [-0.15, -0.1) is 0 Å². The average Bonchev–Trinajstić information content (AvgIpc) is 2.38. The highest BCUT2D eigenvalue weighted by Gasteiger charge is 2.18. The van der Waals surface area contributed by atoms with E-state index in [4.69, 9.17) is 14.2 Å². The summed E-state index contributed by atoms with van der Waals surface area (Å²) in [5.74, 6) is 0.947. The van der Waals surface area contributed by atoms with Gasteiger partial charge >= 0.3 is 6.09 Å². The van der Waals surface area contributed by atoms with E-state index in [9.17, 15) is 9.59 Å². The molecule has 1 rings (SSSR count). The minimum absolute atomic E-state index is 0.144. The van der Waals surface area contributed by atoms with Gasteiger partial charge in [0, 0.05) is 12.5 Å². The van der Waals surface area contributed by atoms with Gasteiger partial charge in [0.1, 0.15) is 11.9 Å². The molecule has 0 aliphatic rings. The summed E-state index contributed by atoms with van der Waals surface area (Å²) in [7, 11) is 3.00. The molecule has 0 unspecified atom stereocenters. The van der Waals surface area contributed by atoms with E-state index in [0.29, 0.717) is 22.7 Å². The van der Waals surface area contributed by atoms with Crippen LogP contribution in [0.15, 0.2) is 12.1 Å². The number of methoxy groups -OCH3 is 2. The molecule has 0 saturated heterocycles. The van der Waals surface area contributed by atoms with Crippen molar-refractivity contribution in [3.8, 4) is 11.5 Å². The second-order valence-corrected chi connectivity index (χ2v) is 5.36. The highest BCUT2D eigenvalue weighted by molar-refractivity contribution is 5.87. The molecule has 21 heavy (non-hydrogen) atoms. The lowest BCUT2D eigenvalue weighted by Crippen LogP contribution is -2.27. The molecular formula is C15H21NO5. The van der Waals surface area contributed by atoms with Gasteiger partial charge in [-0.25, -0.2) is 4.79 Å². The molecule has 6 nitrogen and oxygen atoms in total. The second-order valence-electron chi connectivity index (χ2n) is 5.36. The lowest BCUT2D eigenvalue weighted by molar-refractivity contribution is -0.107. The molecule has 0 saturated carbocycles. The molecule has 1 aromatic rings. The van der Waals surface area contributed by atoms with E-state index < -0.39 is 11.7 Å². The predicted molar refractivity (Wildman–Crippen MR) is 79.2 cm³/mol. The number of nitrogens with one attached hydrogen (secondary N) is 1. The minimum Gasteiger partial charge on any atom is -0.493 e. The second kappa shape index (κ2) is 6.97. The van der Waals surface area contributed by atoms with Crippen molar-refractivity contribution < 1.29 is 23.8 Å². The number of aldehydes is 1. The average molecular weight is 295 g/mol. The Morgan fingerprint density at radius 3 is 2.24 bits per heavy atom. The van der Waals surface area contributed by atoms with Crippen LogP contribution in [0.3, 0.4) is 0 Å². The summed E-state index contributed by atoms with van der Waals surface area (Å²) in [6.07, 6.45) is 0.300. The standard InChI is InChI=1S/C15H21NO5/c1-15(2,3)21-14(18)16-11-9-13(20-5)12(19-4)8-10(11)6-7-17/h7-9H,6H2,1-5H3,(H,16,18). The van der Waals surface area contributed by atoms with Crippen molar-refractivity contribution in [1.29, 1.82) is 0 Å². The van der Waals surface area contributed by atoms with Gasteiger partial charge in [-0.2, -0.15) is 0 Å². The van der Waals surface area contributed by atoms with Crippen molar-refractivity contribution in [1.82, 2.24) is 0 Å². The first-order valence-corrected chi connectivity index (χ1v) is 6.49. The van der Waals surface area contributed by atoms with Crippen LogP contribution in [-0.4, -0.2) is 32.2 Å². The Bertz CT molecular complexity index is 520. The minimum atomic E-state index is -0.606. The van der Waals surface area contributed by atoms with Crippen LogP contribution in [0.25, 0.3) is 0 Å². The van der Waals surface area contributed by atoms with Crippen molar-refractivity contribution in [2.24, 2.45) is 0 Å². The molecule has 0 aliphatic carbocycles. The highest BCUT2D eigenvalue weighted by Crippen LogP contribution is 2.33. The summed E-state index contributed by atoms with van der Waals surface area (Å²) in [4.78, 5) is 22.6. The molecule has 0 radical (unpaired) electrons. The van der Waals surface area contributed by atoms with Gasteiger partial charge < -0.3 is 19.0 Å². The number of ether oxygens (including phenoxy) is 3. The number of hydrogen-bond donors (Lipinski definition) is 1. The van der Waals surface area contributed by atoms with Crippen LogP contribution in [0.2, 0.25) is 0 Å². The van der Waals surface area contributed by atoms with Gasteiger partial charge in [-0.1, -0.05) is 0 Å². The van der Waals surface area contributed by atoms with E-state index in [1.165, 1.54) is 14.2 Å². The van der Waals surface area contributed by atoms with Gasteiger partial charge in [0.2, 0.25) is 0 Å². The number of hydrogen-bond acceptors (Lipinski definition) is 5. The zero-order valence-electron chi connectivity index (χ0n) is 13.0. The first kappa shape index (κ1) is 16.8. The Labute approximate surface area is 124 Å². The largest absolute Gasteiger partial charge is 0.493 e. The quantitative estimate of drug-likeness (QED) is 0.845. The molecule has 116 valence electrons. The van der Waals surface area contributed by atoms with Gasteiger partial charge in [0.15, 0.2) is 11.5 Å². The van der Waals surface area contributed by atoms with Gasteiger partial charge in [0.25, 0.3) is 0 Å². The number of carbonyl (C=O) groups excluding carboxylic acids is 2. The zero-order valence-corrected chi connectivity index (χ0v) is 13.0. The molecule has 0 bridgehead atoms. The fraction of sp³-hybridized carbons (Fsp3) is 0.467. The smallest absolute Gasteiger partial charge is 0.412 e. The van der Waals surface area contributed by atoms with E-state index in [1.807, 2.05) is 0 Å². The van der Waals surface area contributed by atoms with Crippen LogP contribution in [0.4, 0.5) is 10.5 Å². The number of benzene rings is 1. The van der Waals surface area contributed by atoms with E-state index >= 15 is 0 Å². The SMILES string of the molecule is COc1cc(CC=O)c(NC(=O)OC(C)(C)C)cc1OC. The van der Waals surface area contributed by atoms with E-state index in [-0.39, 0.29) is 6.42 Å². The lowest BCUT2D eigenvalue weighted by atomic mass is 10.1. The molecule has 1 aromatic carbocycles. The molecule has 0 aromatic heterocycles. The molecule has 0 heterocycles. The van der Waals surface area contributed by atoms with Gasteiger partial charge in [-0.05, 0) is 32.4 Å². The topological polar surface area (TPSA) is 73.9 Å². The fourth-order valence-electron chi connectivity index (χ4n) is 1.71. The molecule has 0 spiro atoms. The van der Waals surface area contributed by atoms with Gasteiger partial charge in [-0.3, -0.25) is 5.32 Å². The summed E-state index contributed by atoms with van der Waals surface area (Å²) in [6, 6.07) is 3.25. The summed E-state index contributed by atoms with van der Waals surface area (Å²) >= 11 is 0. The fourth-order valence-corrected chi connectivity index (χ4v) is 1.71. The van der Waals surface area contributed by atoms with E-state index in [2.05, 4.69) is 5.32 Å². The maximum atomic E-state index is 11.8. The molecule has 6 heteroatoms. The van der Waals surface area contributed by atoms with Crippen LogP contribution >= 0.6 is 0 Å². The third-order valence-electron chi connectivity index (χ3n) is 2.55. The van der Waals surface area contributed by atoms with Gasteiger partial charge in [0.05, 0.1) is 19.9 Å². The third-order valence-corrected chi connectivity index (χ3v) is 2.55. The van der Waals surface area contributed by atoms with E-state index in [0.717, 1.165) is 6.29 Å². The van der Waals surface area contributed by atoms with Crippen molar-refractivity contribution in [3.05, 3.63) is 17.7 Å². The predicted octanol–water partition coefficient (Wildman–Crippen LogP) is 2.79. The van der Waals surface area contributed by atoms with Crippen molar-refractivity contribution in [2.75, 3.05) is 19.5 Å². The number of anilines is 1. The monoisotopic (exact) mass is 295 g/mol. The summed E-state index contributed by atoms with van der Waals surface area (Å²) < 4.78 is 15.6.